The average molecular weight is 305 g/mol. The van der Waals surface area contributed by atoms with Crippen LogP contribution in [0.5, 0.6) is 0 Å². The van der Waals surface area contributed by atoms with Crippen molar-refractivity contribution in [3.05, 3.63) is 47.2 Å². The number of thioether (sulfide) groups is 1. The van der Waals surface area contributed by atoms with E-state index in [1.54, 1.807) is 11.8 Å². The van der Waals surface area contributed by atoms with Crippen LogP contribution in [0.2, 0.25) is 0 Å². The molecule has 1 aliphatic heterocycles. The molecule has 0 radical (unpaired) electrons. The molecule has 2 rings (SSSR count). The summed E-state index contributed by atoms with van der Waals surface area (Å²) in [6.07, 6.45) is 3.50. The third-order valence-corrected chi connectivity index (χ3v) is 4.11. The smallest absolute Gasteiger partial charge is 0.259 e. The third kappa shape index (κ3) is 3.88. The fourth-order valence-corrected chi connectivity index (χ4v) is 2.73. The van der Waals surface area contributed by atoms with E-state index >= 15 is 0 Å². The summed E-state index contributed by atoms with van der Waals surface area (Å²) in [6, 6.07) is 9.40. The van der Waals surface area contributed by atoms with Crippen molar-refractivity contribution in [2.45, 2.75) is 25.3 Å². The molecule has 2 N–H and O–H groups in total. The number of ketones is 1. The standard InChI is InChI=1S/C16H19NO3S/c1-21-10-9-13(18)14-15(19)12(17-16(14)20)8-7-11-5-3-2-4-6-11/h2-6,12,19H,7-10H2,1H3,(H,17,20). The molecule has 0 saturated carbocycles. The van der Waals surface area contributed by atoms with Crippen LogP contribution in [0.4, 0.5) is 0 Å². The number of benzene rings is 1. The van der Waals surface area contributed by atoms with Crippen LogP contribution in [-0.4, -0.2) is 34.8 Å². The first-order chi connectivity index (χ1) is 10.1. The van der Waals surface area contributed by atoms with Crippen LogP contribution < -0.4 is 5.32 Å². The van der Waals surface area contributed by atoms with E-state index in [1.807, 2.05) is 36.6 Å². The summed E-state index contributed by atoms with van der Waals surface area (Å²) in [5.74, 6) is -0.169. The topological polar surface area (TPSA) is 66.4 Å². The number of aliphatic hydroxyl groups is 1. The molecule has 0 saturated heterocycles. The largest absolute Gasteiger partial charge is 0.509 e. The second-order valence-electron chi connectivity index (χ2n) is 4.98. The lowest BCUT2D eigenvalue weighted by Crippen LogP contribution is -2.30. The highest BCUT2D eigenvalue weighted by Gasteiger charge is 2.34. The maximum Gasteiger partial charge on any atom is 0.259 e. The number of aliphatic hydroxyl groups excluding tert-OH is 1. The Bertz CT molecular complexity index is 554. The number of nitrogens with one attached hydrogen (secondary N) is 1. The first-order valence-corrected chi connectivity index (χ1v) is 8.33. The van der Waals surface area contributed by atoms with Crippen LogP contribution in [0.15, 0.2) is 41.7 Å². The number of carbonyl (C=O) groups is 2. The molecule has 0 fully saturated rings. The summed E-state index contributed by atoms with van der Waals surface area (Å²) in [6.45, 7) is 0. The van der Waals surface area contributed by atoms with E-state index < -0.39 is 11.9 Å². The summed E-state index contributed by atoms with van der Waals surface area (Å²) in [7, 11) is 0. The van der Waals surface area contributed by atoms with Crippen LogP contribution in [0.1, 0.15) is 18.4 Å². The van der Waals surface area contributed by atoms with E-state index in [9.17, 15) is 14.7 Å². The lowest BCUT2D eigenvalue weighted by atomic mass is 10.0. The van der Waals surface area contributed by atoms with E-state index in [2.05, 4.69) is 5.32 Å². The fraction of sp³-hybridized carbons (Fsp3) is 0.375. The van der Waals surface area contributed by atoms with Crippen molar-refractivity contribution in [2.24, 2.45) is 0 Å². The molecule has 1 aromatic rings. The van der Waals surface area contributed by atoms with Gasteiger partial charge in [-0.25, -0.2) is 0 Å². The number of carbonyl (C=O) groups excluding carboxylic acids is 2. The molecule has 5 heteroatoms. The van der Waals surface area contributed by atoms with Gasteiger partial charge in [0.15, 0.2) is 5.78 Å². The Balaban J connectivity index is 2.00. The van der Waals surface area contributed by atoms with Gasteiger partial charge >= 0.3 is 0 Å². The van der Waals surface area contributed by atoms with Gasteiger partial charge in [-0.2, -0.15) is 11.8 Å². The van der Waals surface area contributed by atoms with Crippen molar-refractivity contribution >= 4 is 23.5 Å². The number of hydrogen-bond acceptors (Lipinski definition) is 4. The van der Waals surface area contributed by atoms with Crippen LogP contribution in [0.25, 0.3) is 0 Å². The van der Waals surface area contributed by atoms with Crippen molar-refractivity contribution in [2.75, 3.05) is 12.0 Å². The van der Waals surface area contributed by atoms with Gasteiger partial charge in [-0.15, -0.1) is 0 Å². The van der Waals surface area contributed by atoms with Gasteiger partial charge in [0.2, 0.25) is 0 Å². The van der Waals surface area contributed by atoms with E-state index in [-0.39, 0.29) is 23.5 Å². The van der Waals surface area contributed by atoms with Crippen LogP contribution in [-0.2, 0) is 16.0 Å². The Morgan fingerprint density at radius 3 is 2.71 bits per heavy atom. The summed E-state index contributed by atoms with van der Waals surface area (Å²) in [4.78, 5) is 23.8. The monoisotopic (exact) mass is 305 g/mol. The normalized spacial score (nSPS) is 18.0. The van der Waals surface area contributed by atoms with E-state index in [0.717, 1.165) is 12.0 Å². The predicted molar refractivity (Wildman–Crippen MR) is 84.4 cm³/mol. The van der Waals surface area contributed by atoms with Gasteiger partial charge in [-0.05, 0) is 24.7 Å². The summed E-state index contributed by atoms with van der Waals surface area (Å²) in [5, 5.41) is 12.8. The second-order valence-corrected chi connectivity index (χ2v) is 5.96. The van der Waals surface area contributed by atoms with E-state index in [1.165, 1.54) is 0 Å². The van der Waals surface area contributed by atoms with Gasteiger partial charge in [-0.3, -0.25) is 9.59 Å². The van der Waals surface area contributed by atoms with E-state index in [0.29, 0.717) is 12.2 Å². The van der Waals surface area contributed by atoms with Crippen LogP contribution in [0, 0.1) is 0 Å². The minimum Gasteiger partial charge on any atom is -0.509 e. The molecule has 0 aromatic heterocycles. The molecule has 1 heterocycles. The molecular weight excluding hydrogens is 286 g/mol. The maximum atomic E-state index is 12.0. The number of aryl methyl sites for hydroxylation is 1. The van der Waals surface area contributed by atoms with Crippen molar-refractivity contribution in [3.63, 3.8) is 0 Å². The average Bonchev–Trinajstić information content (AvgIpc) is 2.78. The molecule has 1 aliphatic rings. The zero-order valence-electron chi connectivity index (χ0n) is 12.0. The molecule has 21 heavy (non-hydrogen) atoms. The van der Waals surface area contributed by atoms with Crippen molar-refractivity contribution in [1.82, 2.24) is 5.32 Å². The van der Waals surface area contributed by atoms with Crippen LogP contribution >= 0.6 is 11.8 Å². The van der Waals surface area contributed by atoms with Gasteiger partial charge < -0.3 is 10.4 Å². The second kappa shape index (κ2) is 7.31. The first-order valence-electron chi connectivity index (χ1n) is 6.93. The summed E-state index contributed by atoms with van der Waals surface area (Å²) < 4.78 is 0. The molecule has 0 spiro atoms. The highest BCUT2D eigenvalue weighted by Crippen LogP contribution is 2.21. The molecule has 4 nitrogen and oxygen atoms in total. The Labute approximate surface area is 128 Å². The van der Waals surface area contributed by atoms with E-state index in [4.69, 9.17) is 0 Å². The Morgan fingerprint density at radius 2 is 2.05 bits per heavy atom. The number of rotatable bonds is 7. The highest BCUT2D eigenvalue weighted by atomic mass is 32.2. The zero-order valence-corrected chi connectivity index (χ0v) is 12.8. The first kappa shape index (κ1) is 15.6. The zero-order chi connectivity index (χ0) is 15.2. The molecule has 1 aromatic carbocycles. The number of hydrogen-bond donors (Lipinski definition) is 2. The molecule has 0 bridgehead atoms. The molecule has 0 aliphatic carbocycles. The Hall–Kier alpha value is -1.75. The van der Waals surface area contributed by atoms with Gasteiger partial charge in [0.1, 0.15) is 11.3 Å². The lowest BCUT2D eigenvalue weighted by Gasteiger charge is -2.10. The fourth-order valence-electron chi connectivity index (χ4n) is 2.34. The highest BCUT2D eigenvalue weighted by molar-refractivity contribution is 7.98. The van der Waals surface area contributed by atoms with Gasteiger partial charge in [0.05, 0.1) is 6.04 Å². The van der Waals surface area contributed by atoms with Crippen molar-refractivity contribution < 1.29 is 14.7 Å². The minimum atomic E-state index is -0.453. The summed E-state index contributed by atoms with van der Waals surface area (Å²) >= 11 is 1.54. The van der Waals surface area contributed by atoms with Crippen molar-refractivity contribution in [3.8, 4) is 0 Å². The van der Waals surface area contributed by atoms with Gasteiger partial charge in [0.25, 0.3) is 5.91 Å². The predicted octanol–water partition coefficient (Wildman–Crippen LogP) is 2.25. The summed E-state index contributed by atoms with van der Waals surface area (Å²) in [5.41, 5.74) is 1.09. The molecule has 1 unspecified atom stereocenters. The van der Waals surface area contributed by atoms with Gasteiger partial charge in [-0.1, -0.05) is 30.3 Å². The number of amides is 1. The Morgan fingerprint density at radius 1 is 1.33 bits per heavy atom. The van der Waals surface area contributed by atoms with Gasteiger partial charge in [0, 0.05) is 12.2 Å². The molecule has 112 valence electrons. The SMILES string of the molecule is CSCCC(=O)C1=C(O)C(CCc2ccccc2)NC1=O. The third-order valence-electron chi connectivity index (χ3n) is 3.50. The quantitative estimate of drug-likeness (QED) is 0.758. The minimum absolute atomic E-state index is 0.0536. The molecule has 1 atom stereocenters. The number of Topliss-reactive ketones (excluding diaryl/α,β-unsaturated/α-hetero) is 1. The van der Waals surface area contributed by atoms with Crippen LogP contribution in [0.3, 0.4) is 0 Å². The molecular formula is C16H19NO3S. The lowest BCUT2D eigenvalue weighted by molar-refractivity contribution is -0.121. The Kier molecular flexibility index (Phi) is 5.44. The molecule has 1 amide bonds. The van der Waals surface area contributed by atoms with Crippen molar-refractivity contribution in [1.29, 1.82) is 0 Å². The maximum absolute atomic E-state index is 12.0.